The third-order valence-electron chi connectivity index (χ3n) is 11.6. The Morgan fingerprint density at radius 1 is 0.873 bits per heavy atom. The lowest BCUT2D eigenvalue weighted by Gasteiger charge is -2.33. The Morgan fingerprint density at radius 3 is 2.49 bits per heavy atom. The number of aromatic nitrogens is 5. The summed E-state index contributed by atoms with van der Waals surface area (Å²) in [5.41, 5.74) is 5.86. The van der Waals surface area contributed by atoms with Crippen molar-refractivity contribution in [2.75, 3.05) is 50.0 Å². The second kappa shape index (κ2) is 15.7. The van der Waals surface area contributed by atoms with Crippen LogP contribution < -0.4 is 20.3 Å². The lowest BCUT2D eigenvalue weighted by Crippen LogP contribution is -2.38. The Balaban J connectivity index is 0.963. The summed E-state index contributed by atoms with van der Waals surface area (Å²) in [5.74, 6) is 2.28. The number of anilines is 2. The third-order valence-corrected chi connectivity index (χ3v) is 11.6. The van der Waals surface area contributed by atoms with E-state index in [-0.39, 0.29) is 23.6 Å². The van der Waals surface area contributed by atoms with Gasteiger partial charge in [0, 0.05) is 43.7 Å². The highest BCUT2D eigenvalue weighted by atomic mass is 16.5. The van der Waals surface area contributed by atoms with Crippen molar-refractivity contribution >= 4 is 23.4 Å². The zero-order valence-corrected chi connectivity index (χ0v) is 33.0. The molecule has 5 aromatic rings. The van der Waals surface area contributed by atoms with Crippen LogP contribution in [0, 0.1) is 0 Å². The van der Waals surface area contributed by atoms with Crippen molar-refractivity contribution in [1.29, 1.82) is 0 Å². The highest BCUT2D eigenvalue weighted by Crippen LogP contribution is 2.39. The summed E-state index contributed by atoms with van der Waals surface area (Å²) >= 11 is 0. The Kier molecular flexibility index (Phi) is 10.5. The van der Waals surface area contributed by atoms with Crippen LogP contribution in [0.2, 0.25) is 0 Å². The smallest absolute Gasteiger partial charge is 0.320 e. The van der Waals surface area contributed by atoms with Crippen LogP contribution in [-0.4, -0.2) is 86.0 Å². The Morgan fingerprint density at radius 2 is 1.69 bits per heavy atom. The van der Waals surface area contributed by atoms with Crippen LogP contribution in [0.25, 0.3) is 11.3 Å². The Hall–Kier alpha value is -4.94. The molecule has 8 rings (SSSR count). The molecule has 3 atom stereocenters. The molecule has 1 aliphatic carbocycles. The number of hydrogen-bond donors (Lipinski definition) is 2. The monoisotopic (exact) mass is 744 g/mol. The van der Waals surface area contributed by atoms with Crippen molar-refractivity contribution in [3.8, 4) is 11.4 Å². The normalized spacial score (nSPS) is 21.3. The number of rotatable bonds is 8. The van der Waals surface area contributed by atoms with E-state index in [4.69, 9.17) is 9.84 Å². The number of carbonyl (C=O) groups is 1. The second-order valence-corrected chi connectivity index (χ2v) is 16.8. The topological polar surface area (TPSA) is 108 Å². The molecule has 0 saturated carbocycles. The number of carbonyl (C=O) groups excluding carboxylic acids is 1. The highest BCUT2D eigenvalue weighted by Gasteiger charge is 2.31. The molecule has 12 nitrogen and oxygen atoms in total. The molecule has 0 bridgehead atoms. The molecule has 55 heavy (non-hydrogen) atoms. The number of fused-ring (bicyclic) bond motifs is 2. The SMILES string of the molecule is CC1CCCCN1c1nnc2ccc(O[C@@H]3CC[C@H](NC(=O)Nc4cc(C(C)(C)C)nn4-c4ccc(CN5CCCN(C)CC5)cc4)c4ccccc43)cn12. The predicted octanol–water partition coefficient (Wildman–Crippen LogP) is 7.51. The van der Waals surface area contributed by atoms with Crippen LogP contribution in [0.3, 0.4) is 0 Å². The maximum absolute atomic E-state index is 13.8. The van der Waals surface area contributed by atoms with Crippen molar-refractivity contribution in [3.05, 3.63) is 95.3 Å². The van der Waals surface area contributed by atoms with Gasteiger partial charge in [0.05, 0.1) is 23.6 Å². The minimum absolute atomic E-state index is 0.150. The van der Waals surface area contributed by atoms with E-state index in [0.29, 0.717) is 11.9 Å². The van der Waals surface area contributed by atoms with Gasteiger partial charge in [0.1, 0.15) is 17.7 Å². The van der Waals surface area contributed by atoms with E-state index >= 15 is 0 Å². The standard InChI is InChI=1S/C43H56N10O2/c1-30-11-8-9-24-51(30)42-47-46-39-21-18-33(29-52(39)42)55-37-20-19-36(34-12-6-7-13-35(34)37)44-41(54)45-40-27-38(43(2,3)4)48-53(40)32-16-14-31(15-17-32)28-50-23-10-22-49(5)25-26-50/h6-7,12-18,21,27,29-30,36-37H,8-11,19-20,22-26,28H2,1-5H3,(H2,44,45,54)/t30?,36-,37+/m0/s1. The van der Waals surface area contributed by atoms with Crippen molar-refractivity contribution in [1.82, 2.24) is 39.5 Å². The molecule has 2 N–H and O–H groups in total. The summed E-state index contributed by atoms with van der Waals surface area (Å²) in [6.07, 6.45) is 8.12. The molecule has 0 radical (unpaired) electrons. The molecule has 3 aliphatic rings. The molecule has 2 saturated heterocycles. The van der Waals surface area contributed by atoms with Gasteiger partial charge in [-0.05, 0) is 107 Å². The zero-order chi connectivity index (χ0) is 38.1. The molecule has 5 heterocycles. The summed E-state index contributed by atoms with van der Waals surface area (Å²) in [7, 11) is 2.20. The largest absolute Gasteiger partial charge is 0.484 e. The highest BCUT2D eigenvalue weighted by molar-refractivity contribution is 5.89. The van der Waals surface area contributed by atoms with Crippen LogP contribution in [0.5, 0.6) is 5.75 Å². The fourth-order valence-electron chi connectivity index (χ4n) is 8.31. The minimum Gasteiger partial charge on any atom is -0.484 e. The van der Waals surface area contributed by atoms with Gasteiger partial charge in [0.2, 0.25) is 5.95 Å². The maximum Gasteiger partial charge on any atom is 0.320 e. The number of likely N-dealkylation sites (N-methyl/N-ethyl adjacent to an activating group) is 1. The molecular weight excluding hydrogens is 689 g/mol. The van der Waals surface area contributed by atoms with E-state index in [2.05, 4.69) is 111 Å². The lowest BCUT2D eigenvalue weighted by atomic mass is 9.85. The van der Waals surface area contributed by atoms with Crippen LogP contribution in [0.1, 0.15) is 101 Å². The molecule has 2 aromatic carbocycles. The summed E-state index contributed by atoms with van der Waals surface area (Å²) in [6.45, 7) is 15.0. The summed E-state index contributed by atoms with van der Waals surface area (Å²) < 4.78 is 10.6. The molecule has 290 valence electrons. The van der Waals surface area contributed by atoms with E-state index in [0.717, 1.165) is 105 Å². The average Bonchev–Trinajstić information content (AvgIpc) is 3.73. The number of piperidine rings is 1. The fraction of sp³-hybridized carbons (Fsp3) is 0.488. The van der Waals surface area contributed by atoms with Gasteiger partial charge in [0.25, 0.3) is 0 Å². The van der Waals surface area contributed by atoms with Gasteiger partial charge in [-0.15, -0.1) is 10.2 Å². The number of urea groups is 1. The van der Waals surface area contributed by atoms with E-state index in [1.807, 2.05) is 41.2 Å². The number of amides is 2. The molecule has 2 fully saturated rings. The molecule has 0 spiro atoms. The van der Waals surface area contributed by atoms with Gasteiger partial charge >= 0.3 is 6.03 Å². The van der Waals surface area contributed by atoms with E-state index in [1.165, 1.54) is 18.4 Å². The molecule has 2 aliphatic heterocycles. The Labute approximate surface area is 324 Å². The second-order valence-electron chi connectivity index (χ2n) is 16.8. The van der Waals surface area contributed by atoms with Gasteiger partial charge in [-0.1, -0.05) is 57.2 Å². The Bertz CT molecular complexity index is 2100. The van der Waals surface area contributed by atoms with Gasteiger partial charge < -0.3 is 19.9 Å². The quantitative estimate of drug-likeness (QED) is 0.168. The third kappa shape index (κ3) is 8.21. The van der Waals surface area contributed by atoms with Crippen molar-refractivity contribution < 1.29 is 9.53 Å². The van der Waals surface area contributed by atoms with Gasteiger partial charge in [-0.2, -0.15) is 5.10 Å². The van der Waals surface area contributed by atoms with Gasteiger partial charge in [0.15, 0.2) is 5.65 Å². The van der Waals surface area contributed by atoms with Crippen LogP contribution in [-0.2, 0) is 12.0 Å². The van der Waals surface area contributed by atoms with Gasteiger partial charge in [-0.3, -0.25) is 14.6 Å². The number of pyridine rings is 1. The number of benzene rings is 2. The summed E-state index contributed by atoms with van der Waals surface area (Å²) in [6, 6.07) is 22.8. The van der Waals surface area contributed by atoms with Crippen LogP contribution in [0.15, 0.2) is 72.9 Å². The van der Waals surface area contributed by atoms with Crippen LogP contribution in [0.4, 0.5) is 16.6 Å². The summed E-state index contributed by atoms with van der Waals surface area (Å²) in [4.78, 5) is 21.1. The van der Waals surface area contributed by atoms with E-state index < -0.39 is 0 Å². The van der Waals surface area contributed by atoms with E-state index in [9.17, 15) is 4.79 Å². The van der Waals surface area contributed by atoms with Gasteiger partial charge in [-0.25, -0.2) is 9.48 Å². The minimum atomic E-state index is -0.263. The number of hydrogen-bond acceptors (Lipinski definition) is 8. The number of ether oxygens (including phenoxy) is 1. The van der Waals surface area contributed by atoms with Crippen LogP contribution >= 0.6 is 0 Å². The predicted molar refractivity (Wildman–Crippen MR) is 217 cm³/mol. The molecule has 3 aromatic heterocycles. The number of nitrogens with zero attached hydrogens (tertiary/aromatic N) is 8. The van der Waals surface area contributed by atoms with E-state index in [1.54, 1.807) is 0 Å². The lowest BCUT2D eigenvalue weighted by molar-refractivity contribution is 0.171. The van der Waals surface area contributed by atoms with Crippen molar-refractivity contribution in [3.63, 3.8) is 0 Å². The molecule has 2 amide bonds. The fourth-order valence-corrected chi connectivity index (χ4v) is 8.31. The van der Waals surface area contributed by atoms with Crippen molar-refractivity contribution in [2.24, 2.45) is 0 Å². The maximum atomic E-state index is 13.8. The first kappa shape index (κ1) is 37.0. The molecular formula is C43H56N10O2. The zero-order valence-electron chi connectivity index (χ0n) is 33.0. The molecule has 1 unspecified atom stereocenters. The number of nitrogens with one attached hydrogen (secondary N) is 2. The first-order valence-corrected chi connectivity index (χ1v) is 20.1. The first-order chi connectivity index (χ1) is 26.6. The average molecular weight is 745 g/mol. The summed E-state index contributed by atoms with van der Waals surface area (Å²) in [5, 5.41) is 20.4. The molecule has 12 heteroatoms. The van der Waals surface area contributed by atoms with Crippen molar-refractivity contribution in [2.45, 2.75) is 96.4 Å². The first-order valence-electron chi connectivity index (χ1n) is 20.1.